The van der Waals surface area contributed by atoms with E-state index in [-0.39, 0.29) is 18.5 Å². The van der Waals surface area contributed by atoms with Crippen molar-refractivity contribution in [1.29, 1.82) is 0 Å². The molecule has 2 aromatic rings. The number of amides is 1. The lowest BCUT2D eigenvalue weighted by Crippen LogP contribution is -2.47. The Morgan fingerprint density at radius 2 is 1.69 bits per heavy atom. The average Bonchev–Trinajstić information content (AvgIpc) is 3.25. The number of hydrogen-bond acceptors (Lipinski definition) is 3. The van der Waals surface area contributed by atoms with Gasteiger partial charge in [0.25, 0.3) is 5.56 Å². The highest BCUT2D eigenvalue weighted by Gasteiger charge is 2.35. The highest BCUT2D eigenvalue weighted by molar-refractivity contribution is 5.76. The molecule has 1 saturated heterocycles. The summed E-state index contributed by atoms with van der Waals surface area (Å²) in [6.45, 7) is 0.943. The third-order valence-corrected chi connectivity index (χ3v) is 6.44. The molecule has 1 aliphatic carbocycles. The number of nitrogens with zero attached hydrogens (tertiary/aromatic N) is 3. The maximum absolute atomic E-state index is 13.1. The number of aromatic nitrogens is 2. The van der Waals surface area contributed by atoms with E-state index in [1.165, 1.54) is 48.9 Å². The molecule has 0 spiro atoms. The van der Waals surface area contributed by atoms with Crippen molar-refractivity contribution < 1.29 is 4.79 Å². The van der Waals surface area contributed by atoms with Gasteiger partial charge in [-0.05, 0) is 37.2 Å². The fourth-order valence-corrected chi connectivity index (χ4v) is 4.94. The van der Waals surface area contributed by atoms with Crippen molar-refractivity contribution in [2.45, 2.75) is 64.1 Å². The van der Waals surface area contributed by atoms with Gasteiger partial charge >= 0.3 is 5.69 Å². The molecule has 154 valence electrons. The molecule has 4 rings (SSSR count). The minimum Gasteiger partial charge on any atom is -0.338 e. The summed E-state index contributed by atoms with van der Waals surface area (Å²) in [5.41, 5.74) is 0.132. The second kappa shape index (κ2) is 8.80. The van der Waals surface area contributed by atoms with Crippen molar-refractivity contribution in [2.75, 3.05) is 6.54 Å². The molecule has 29 heavy (non-hydrogen) atoms. The van der Waals surface area contributed by atoms with Gasteiger partial charge in [-0.1, -0.05) is 49.6 Å². The van der Waals surface area contributed by atoms with Crippen LogP contribution in [0.2, 0.25) is 0 Å². The van der Waals surface area contributed by atoms with Gasteiger partial charge in [0.2, 0.25) is 5.91 Å². The molecule has 1 unspecified atom stereocenters. The van der Waals surface area contributed by atoms with Crippen molar-refractivity contribution >= 4 is 5.91 Å². The SMILES string of the molecule is O=C(Cn1c(=O)ccn(Cc2ccccc2)c1=O)N1CCCC1C1CCCCC1. The minimum absolute atomic E-state index is 0.102. The van der Waals surface area contributed by atoms with Crippen LogP contribution >= 0.6 is 0 Å². The van der Waals surface area contributed by atoms with Gasteiger partial charge in [0, 0.05) is 24.8 Å². The van der Waals surface area contributed by atoms with Gasteiger partial charge < -0.3 is 4.90 Å². The van der Waals surface area contributed by atoms with E-state index in [2.05, 4.69) is 0 Å². The topological polar surface area (TPSA) is 64.3 Å². The average molecular weight is 396 g/mol. The number of hydrogen-bond donors (Lipinski definition) is 0. The largest absolute Gasteiger partial charge is 0.338 e. The number of carbonyl (C=O) groups excluding carboxylic acids is 1. The number of carbonyl (C=O) groups is 1. The molecule has 0 bridgehead atoms. The van der Waals surface area contributed by atoms with Crippen molar-refractivity contribution in [2.24, 2.45) is 5.92 Å². The predicted octanol–water partition coefficient (Wildman–Crippen LogP) is 2.63. The van der Waals surface area contributed by atoms with E-state index < -0.39 is 11.2 Å². The second-order valence-electron chi connectivity index (χ2n) is 8.33. The lowest BCUT2D eigenvalue weighted by Gasteiger charge is -2.34. The molecule has 2 aliphatic rings. The van der Waals surface area contributed by atoms with Crippen LogP contribution in [0.15, 0.2) is 52.2 Å². The molecule has 1 atom stereocenters. The maximum Gasteiger partial charge on any atom is 0.331 e. The van der Waals surface area contributed by atoms with E-state index in [1.54, 1.807) is 0 Å². The Kier molecular flexibility index (Phi) is 5.97. The van der Waals surface area contributed by atoms with E-state index in [9.17, 15) is 14.4 Å². The van der Waals surface area contributed by atoms with Crippen LogP contribution < -0.4 is 11.2 Å². The Balaban J connectivity index is 1.52. The first kappa shape index (κ1) is 19.7. The summed E-state index contributed by atoms with van der Waals surface area (Å²) in [5, 5.41) is 0. The Morgan fingerprint density at radius 1 is 0.931 bits per heavy atom. The Morgan fingerprint density at radius 3 is 2.45 bits per heavy atom. The zero-order valence-corrected chi connectivity index (χ0v) is 16.8. The zero-order valence-electron chi connectivity index (χ0n) is 16.8. The molecular weight excluding hydrogens is 366 g/mol. The summed E-state index contributed by atoms with van der Waals surface area (Å²) in [4.78, 5) is 40.2. The first-order valence-corrected chi connectivity index (χ1v) is 10.8. The summed E-state index contributed by atoms with van der Waals surface area (Å²) in [6.07, 6.45) is 9.70. The van der Waals surface area contributed by atoms with E-state index in [4.69, 9.17) is 0 Å². The van der Waals surface area contributed by atoms with Gasteiger partial charge in [-0.3, -0.25) is 18.7 Å². The van der Waals surface area contributed by atoms with E-state index >= 15 is 0 Å². The summed E-state index contributed by atoms with van der Waals surface area (Å²) in [7, 11) is 0. The fraction of sp³-hybridized carbons (Fsp3) is 0.522. The van der Waals surface area contributed by atoms with Crippen LogP contribution in [0.3, 0.4) is 0 Å². The smallest absolute Gasteiger partial charge is 0.331 e. The van der Waals surface area contributed by atoms with E-state index in [0.717, 1.165) is 29.5 Å². The normalized spacial score (nSPS) is 20.1. The number of rotatable bonds is 5. The summed E-state index contributed by atoms with van der Waals surface area (Å²) < 4.78 is 2.58. The molecule has 6 nitrogen and oxygen atoms in total. The van der Waals surface area contributed by atoms with Crippen LogP contribution in [0.25, 0.3) is 0 Å². The third-order valence-electron chi connectivity index (χ3n) is 6.44. The Labute approximate surface area is 170 Å². The molecule has 6 heteroatoms. The van der Waals surface area contributed by atoms with Crippen molar-refractivity contribution in [3.8, 4) is 0 Å². The fourth-order valence-electron chi connectivity index (χ4n) is 4.94. The molecule has 1 amide bonds. The number of likely N-dealkylation sites (tertiary alicyclic amines) is 1. The highest BCUT2D eigenvalue weighted by atomic mass is 16.2. The molecule has 2 fully saturated rings. The maximum atomic E-state index is 13.1. The molecule has 0 N–H and O–H groups in total. The molecule has 1 aliphatic heterocycles. The van der Waals surface area contributed by atoms with Crippen LogP contribution in [-0.2, 0) is 17.9 Å². The van der Waals surface area contributed by atoms with E-state index in [1.807, 2.05) is 35.2 Å². The summed E-state index contributed by atoms with van der Waals surface area (Å²) in [6, 6.07) is 11.3. The van der Waals surface area contributed by atoms with Gasteiger partial charge in [0.1, 0.15) is 6.54 Å². The van der Waals surface area contributed by atoms with Gasteiger partial charge in [0.15, 0.2) is 0 Å². The van der Waals surface area contributed by atoms with Crippen LogP contribution in [0.4, 0.5) is 0 Å². The van der Waals surface area contributed by atoms with Gasteiger partial charge in [-0.2, -0.15) is 0 Å². The minimum atomic E-state index is -0.428. The van der Waals surface area contributed by atoms with Crippen molar-refractivity contribution in [3.05, 3.63) is 69.0 Å². The molecular formula is C23H29N3O3. The van der Waals surface area contributed by atoms with Crippen LogP contribution in [-0.4, -0.2) is 32.5 Å². The molecule has 0 radical (unpaired) electrons. The van der Waals surface area contributed by atoms with Gasteiger partial charge in [0.05, 0.1) is 6.54 Å². The third kappa shape index (κ3) is 4.36. The number of benzene rings is 1. The van der Waals surface area contributed by atoms with Crippen LogP contribution in [0, 0.1) is 5.92 Å². The Bertz CT molecular complexity index is 957. The standard InChI is InChI=1S/C23H29N3O3/c27-21-13-15-24(16-18-8-3-1-4-9-18)23(29)26(21)17-22(28)25-14-7-12-20(25)19-10-5-2-6-11-19/h1,3-4,8-9,13,15,19-20H,2,5-7,10-12,14,16-17H2. The predicted molar refractivity (Wildman–Crippen MR) is 112 cm³/mol. The first-order chi connectivity index (χ1) is 14.1. The highest BCUT2D eigenvalue weighted by Crippen LogP contribution is 2.34. The van der Waals surface area contributed by atoms with Crippen LogP contribution in [0.1, 0.15) is 50.5 Å². The first-order valence-electron chi connectivity index (χ1n) is 10.8. The molecule has 1 saturated carbocycles. The molecule has 1 aromatic heterocycles. The van der Waals surface area contributed by atoms with Gasteiger partial charge in [-0.25, -0.2) is 4.79 Å². The van der Waals surface area contributed by atoms with E-state index in [0.29, 0.717) is 12.5 Å². The van der Waals surface area contributed by atoms with Crippen LogP contribution in [0.5, 0.6) is 0 Å². The van der Waals surface area contributed by atoms with Gasteiger partial charge in [-0.15, -0.1) is 0 Å². The quantitative estimate of drug-likeness (QED) is 0.782. The summed E-state index contributed by atoms with van der Waals surface area (Å²) >= 11 is 0. The monoisotopic (exact) mass is 395 g/mol. The molecule has 1 aromatic carbocycles. The Hall–Kier alpha value is -2.63. The van der Waals surface area contributed by atoms with Crippen molar-refractivity contribution in [1.82, 2.24) is 14.0 Å². The molecule has 2 heterocycles. The summed E-state index contributed by atoms with van der Waals surface area (Å²) in [5.74, 6) is 0.465. The van der Waals surface area contributed by atoms with Crippen molar-refractivity contribution in [3.63, 3.8) is 0 Å². The lowest BCUT2D eigenvalue weighted by molar-refractivity contribution is -0.134. The second-order valence-corrected chi connectivity index (χ2v) is 8.33. The zero-order chi connectivity index (χ0) is 20.2. The lowest BCUT2D eigenvalue weighted by atomic mass is 9.83.